The Labute approximate surface area is 90.1 Å². The van der Waals surface area contributed by atoms with Crippen LogP contribution in [0.3, 0.4) is 0 Å². The summed E-state index contributed by atoms with van der Waals surface area (Å²) in [5.41, 5.74) is 0.102. The quantitative estimate of drug-likeness (QED) is 0.795. The van der Waals surface area contributed by atoms with Crippen molar-refractivity contribution in [2.45, 2.75) is 0 Å². The molecule has 0 unspecified atom stereocenters. The normalized spacial score (nSPS) is 10.6. The number of aromatic amines is 1. The number of aromatic nitrogens is 2. The van der Waals surface area contributed by atoms with Crippen LogP contribution in [0.15, 0.2) is 29.1 Å². The van der Waals surface area contributed by atoms with E-state index in [4.69, 9.17) is 11.6 Å². The third-order valence-electron chi connectivity index (χ3n) is 2.13. The molecule has 2 aromatic rings. The molecule has 0 aliphatic rings. The average Bonchev–Trinajstić information content (AvgIpc) is 2.44. The number of H-pyrrole nitrogens is 1. The van der Waals surface area contributed by atoms with Gasteiger partial charge in [0.2, 0.25) is 5.95 Å². The van der Waals surface area contributed by atoms with Crippen LogP contribution in [-0.4, -0.2) is 9.78 Å². The number of nitrogens with one attached hydrogen (secondary N) is 1. The van der Waals surface area contributed by atoms with Crippen LogP contribution in [0.1, 0.15) is 0 Å². The van der Waals surface area contributed by atoms with Crippen LogP contribution in [0.5, 0.6) is 0 Å². The van der Waals surface area contributed by atoms with E-state index in [2.05, 4.69) is 5.10 Å². The van der Waals surface area contributed by atoms with Gasteiger partial charge in [-0.15, -0.1) is 0 Å². The molecule has 1 aromatic carbocycles. The van der Waals surface area contributed by atoms with Crippen LogP contribution in [0.4, 0.5) is 4.39 Å². The van der Waals surface area contributed by atoms with Gasteiger partial charge in [-0.2, -0.15) is 4.39 Å². The Kier molecular flexibility index (Phi) is 2.36. The molecule has 0 bridgehead atoms. The summed E-state index contributed by atoms with van der Waals surface area (Å²) in [5, 5.41) is 2.89. The second-order valence-electron chi connectivity index (χ2n) is 3.17. The molecule has 0 spiro atoms. The van der Waals surface area contributed by atoms with E-state index >= 15 is 0 Å². The first-order valence-corrected chi connectivity index (χ1v) is 4.68. The van der Waals surface area contributed by atoms with Crippen LogP contribution >= 0.6 is 11.6 Å². The summed E-state index contributed by atoms with van der Waals surface area (Å²) in [6.45, 7) is 0. The van der Waals surface area contributed by atoms with Gasteiger partial charge in [0.1, 0.15) is 5.56 Å². The van der Waals surface area contributed by atoms with Gasteiger partial charge in [0.05, 0.1) is 0 Å². The van der Waals surface area contributed by atoms with Gasteiger partial charge in [0.25, 0.3) is 5.56 Å². The number of nitrogens with zero attached hydrogens (tertiary/aromatic N) is 1. The van der Waals surface area contributed by atoms with Gasteiger partial charge in [-0.05, 0) is 17.7 Å². The summed E-state index contributed by atoms with van der Waals surface area (Å²) in [6.07, 6.45) is 0. The molecule has 1 N–H and O–H groups in total. The smallest absolute Gasteiger partial charge is 0.267 e. The molecule has 5 heteroatoms. The van der Waals surface area contributed by atoms with Gasteiger partial charge in [-0.3, -0.25) is 14.6 Å². The molecule has 3 nitrogen and oxygen atoms in total. The van der Waals surface area contributed by atoms with Crippen LogP contribution in [0.2, 0.25) is 5.02 Å². The largest absolute Gasteiger partial charge is 0.275 e. The van der Waals surface area contributed by atoms with Crippen molar-refractivity contribution in [2.75, 3.05) is 0 Å². The maximum absolute atomic E-state index is 13.5. The van der Waals surface area contributed by atoms with Gasteiger partial charge >= 0.3 is 0 Å². The molecule has 0 aliphatic heterocycles. The molecule has 0 atom stereocenters. The van der Waals surface area contributed by atoms with Crippen molar-refractivity contribution in [2.24, 2.45) is 7.05 Å². The molecule has 2 rings (SSSR count). The monoisotopic (exact) mass is 226 g/mol. The molecule has 78 valence electrons. The Morgan fingerprint density at radius 2 is 1.93 bits per heavy atom. The Balaban J connectivity index is 2.64. The molecule has 0 saturated heterocycles. The highest BCUT2D eigenvalue weighted by Crippen LogP contribution is 2.20. The Morgan fingerprint density at radius 3 is 2.40 bits per heavy atom. The average molecular weight is 227 g/mol. The highest BCUT2D eigenvalue weighted by Gasteiger charge is 2.14. The SMILES string of the molecule is Cn1[nH]c(=O)c(-c2ccc(Cl)cc2)c1F. The van der Waals surface area contributed by atoms with Crippen LogP contribution in [0.25, 0.3) is 11.1 Å². The lowest BCUT2D eigenvalue weighted by atomic mass is 10.1. The number of aryl methyl sites for hydroxylation is 1. The van der Waals surface area contributed by atoms with Gasteiger partial charge in [-0.25, -0.2) is 0 Å². The molecule has 1 heterocycles. The molecule has 0 saturated carbocycles. The summed E-state index contributed by atoms with van der Waals surface area (Å²) in [4.78, 5) is 11.4. The lowest BCUT2D eigenvalue weighted by Gasteiger charge is -1.97. The van der Waals surface area contributed by atoms with E-state index in [1.165, 1.54) is 7.05 Å². The number of benzene rings is 1. The zero-order valence-corrected chi connectivity index (χ0v) is 8.68. The van der Waals surface area contributed by atoms with E-state index in [-0.39, 0.29) is 5.56 Å². The zero-order valence-electron chi connectivity index (χ0n) is 7.92. The van der Waals surface area contributed by atoms with E-state index in [0.29, 0.717) is 10.6 Å². The molecule has 0 radical (unpaired) electrons. The van der Waals surface area contributed by atoms with E-state index < -0.39 is 11.5 Å². The van der Waals surface area contributed by atoms with Gasteiger partial charge in [0.15, 0.2) is 0 Å². The van der Waals surface area contributed by atoms with Crippen molar-refractivity contribution < 1.29 is 4.39 Å². The Morgan fingerprint density at radius 1 is 1.33 bits per heavy atom. The summed E-state index contributed by atoms with van der Waals surface area (Å²) in [5.74, 6) is -0.581. The van der Waals surface area contributed by atoms with Crippen LogP contribution < -0.4 is 5.56 Å². The fraction of sp³-hybridized carbons (Fsp3) is 0.100. The molecule has 0 aliphatic carbocycles. The lowest BCUT2D eigenvalue weighted by Crippen LogP contribution is -2.03. The van der Waals surface area contributed by atoms with Crippen molar-refractivity contribution in [1.82, 2.24) is 9.78 Å². The summed E-state index contributed by atoms with van der Waals surface area (Å²) in [6, 6.07) is 6.44. The van der Waals surface area contributed by atoms with E-state index in [0.717, 1.165) is 4.68 Å². The Bertz CT molecular complexity index is 542. The highest BCUT2D eigenvalue weighted by atomic mass is 35.5. The van der Waals surface area contributed by atoms with E-state index in [1.54, 1.807) is 24.3 Å². The van der Waals surface area contributed by atoms with Crippen molar-refractivity contribution in [3.8, 4) is 11.1 Å². The predicted molar refractivity (Wildman–Crippen MR) is 56.4 cm³/mol. The van der Waals surface area contributed by atoms with E-state index in [9.17, 15) is 9.18 Å². The molecular weight excluding hydrogens is 219 g/mol. The zero-order chi connectivity index (χ0) is 11.0. The summed E-state index contributed by atoms with van der Waals surface area (Å²) in [7, 11) is 1.44. The van der Waals surface area contributed by atoms with Gasteiger partial charge in [-0.1, -0.05) is 23.7 Å². The first kappa shape index (κ1) is 9.98. The third-order valence-corrected chi connectivity index (χ3v) is 2.38. The lowest BCUT2D eigenvalue weighted by molar-refractivity contribution is 0.505. The van der Waals surface area contributed by atoms with Crippen molar-refractivity contribution in [1.29, 1.82) is 0 Å². The molecular formula is C10H8ClFN2O. The molecule has 15 heavy (non-hydrogen) atoms. The fourth-order valence-corrected chi connectivity index (χ4v) is 1.51. The fourth-order valence-electron chi connectivity index (χ4n) is 1.39. The van der Waals surface area contributed by atoms with Gasteiger partial charge in [0, 0.05) is 12.1 Å². The number of halogens is 2. The van der Waals surface area contributed by atoms with Crippen molar-refractivity contribution in [3.63, 3.8) is 0 Å². The van der Waals surface area contributed by atoms with E-state index in [1.807, 2.05) is 0 Å². The molecule has 0 amide bonds. The summed E-state index contributed by atoms with van der Waals surface area (Å²) >= 11 is 5.70. The standard InChI is InChI=1S/C10H8ClFN2O/c1-14-9(12)8(10(15)13-14)6-2-4-7(11)5-3-6/h2-5H,1H3,(H,13,15). The molecule has 0 fully saturated rings. The second kappa shape index (κ2) is 3.55. The first-order valence-electron chi connectivity index (χ1n) is 4.30. The number of rotatable bonds is 1. The summed E-state index contributed by atoms with van der Waals surface area (Å²) < 4.78 is 14.6. The second-order valence-corrected chi connectivity index (χ2v) is 3.61. The predicted octanol–water partition coefficient (Wildman–Crippen LogP) is 2.17. The maximum atomic E-state index is 13.5. The molecule has 1 aromatic heterocycles. The topological polar surface area (TPSA) is 37.8 Å². The van der Waals surface area contributed by atoms with Crippen LogP contribution in [-0.2, 0) is 7.05 Å². The first-order chi connectivity index (χ1) is 7.09. The maximum Gasteiger partial charge on any atom is 0.275 e. The van der Waals surface area contributed by atoms with Crippen LogP contribution in [0, 0.1) is 5.95 Å². The van der Waals surface area contributed by atoms with Crippen molar-refractivity contribution >= 4 is 11.6 Å². The number of hydrogen-bond donors (Lipinski definition) is 1. The minimum Gasteiger partial charge on any atom is -0.267 e. The Hall–Kier alpha value is -1.55. The number of hydrogen-bond acceptors (Lipinski definition) is 1. The minimum atomic E-state index is -0.581. The van der Waals surface area contributed by atoms with Crippen molar-refractivity contribution in [3.05, 3.63) is 45.6 Å². The van der Waals surface area contributed by atoms with Gasteiger partial charge < -0.3 is 0 Å². The highest BCUT2D eigenvalue weighted by molar-refractivity contribution is 6.30. The third kappa shape index (κ3) is 1.68. The minimum absolute atomic E-state index is 0.0363.